The minimum Gasteiger partial charge on any atom is -0.507 e. The highest BCUT2D eigenvalue weighted by molar-refractivity contribution is 7.80. The lowest BCUT2D eigenvalue weighted by molar-refractivity contribution is 0.103. The highest BCUT2D eigenvalue weighted by Crippen LogP contribution is 2.36. The molecule has 0 saturated carbocycles. The fourth-order valence-electron chi connectivity index (χ4n) is 2.99. The molecule has 0 aliphatic rings. The smallest absolute Gasteiger partial charge is 0.261 e. The molecule has 1 atom stereocenters. The summed E-state index contributed by atoms with van der Waals surface area (Å²) in [6, 6.07) is 9.69. The molecule has 0 aromatic heterocycles. The van der Waals surface area contributed by atoms with E-state index in [2.05, 4.69) is 0 Å². The maximum Gasteiger partial charge on any atom is 0.261 e. The molecular formula is C21H28N2O5S. The lowest BCUT2D eigenvalue weighted by atomic mass is 10.0. The summed E-state index contributed by atoms with van der Waals surface area (Å²) < 4.78 is 28.3. The van der Waals surface area contributed by atoms with Crippen molar-refractivity contribution in [1.29, 1.82) is 0 Å². The summed E-state index contributed by atoms with van der Waals surface area (Å²) in [6.45, 7) is 2.83. The molecule has 8 heteroatoms. The Kier molecular flexibility index (Phi) is 8.63. The molecule has 0 spiro atoms. The van der Waals surface area contributed by atoms with E-state index in [4.69, 9.17) is 10.5 Å². The lowest BCUT2D eigenvalue weighted by Crippen LogP contribution is -2.27. The van der Waals surface area contributed by atoms with Gasteiger partial charge in [-0.05, 0) is 32.4 Å². The van der Waals surface area contributed by atoms with Crippen LogP contribution in [0.3, 0.4) is 0 Å². The number of nitrogens with two attached hydrogens (primary N) is 1. The van der Waals surface area contributed by atoms with Gasteiger partial charge in [0.05, 0.1) is 18.4 Å². The van der Waals surface area contributed by atoms with Gasteiger partial charge < -0.3 is 15.6 Å². The van der Waals surface area contributed by atoms with Crippen LogP contribution in [-0.2, 0) is 11.3 Å². The topological polar surface area (TPSA) is 113 Å². The van der Waals surface area contributed by atoms with E-state index in [0.29, 0.717) is 25.1 Å². The van der Waals surface area contributed by atoms with Crippen LogP contribution in [0.15, 0.2) is 36.4 Å². The van der Waals surface area contributed by atoms with Gasteiger partial charge in [0.2, 0.25) is 0 Å². The minimum atomic E-state index is -2.31. The number of aromatic hydroxyl groups is 1. The Bertz CT molecular complexity index is 855. The van der Waals surface area contributed by atoms with Crippen LogP contribution in [0.1, 0.15) is 47.2 Å². The van der Waals surface area contributed by atoms with Gasteiger partial charge >= 0.3 is 0 Å². The summed E-state index contributed by atoms with van der Waals surface area (Å²) in [7, 11) is 1.40. The van der Waals surface area contributed by atoms with Gasteiger partial charge in [-0.2, -0.15) is 0 Å². The number of carbonyl (C=O) groups excluding carboxylic acids is 1. The molecule has 1 unspecified atom stereocenters. The SMILES string of the molecule is COc1cc(O)c(C(=O)c2ccc(C)cc2)cc1N(CCCCCCN)S(=O)O. The van der Waals surface area contributed by atoms with E-state index in [0.717, 1.165) is 24.8 Å². The number of methoxy groups -OCH3 is 1. The lowest BCUT2D eigenvalue weighted by Gasteiger charge is -2.23. The summed E-state index contributed by atoms with van der Waals surface area (Å²) in [4.78, 5) is 12.9. The van der Waals surface area contributed by atoms with E-state index < -0.39 is 11.3 Å². The molecule has 29 heavy (non-hydrogen) atoms. The number of rotatable bonds is 11. The average molecular weight is 421 g/mol. The average Bonchev–Trinajstić information content (AvgIpc) is 2.70. The van der Waals surface area contributed by atoms with E-state index in [-0.39, 0.29) is 28.5 Å². The minimum absolute atomic E-state index is 0.0447. The number of ether oxygens (including phenoxy) is 1. The van der Waals surface area contributed by atoms with Crippen LogP contribution in [0.5, 0.6) is 11.5 Å². The van der Waals surface area contributed by atoms with Crippen LogP contribution >= 0.6 is 0 Å². The predicted octanol–water partition coefficient (Wildman–Crippen LogP) is 3.40. The Labute approximate surface area is 173 Å². The van der Waals surface area contributed by atoms with Crippen LogP contribution in [0, 0.1) is 6.92 Å². The number of nitrogens with zero attached hydrogens (tertiary/aromatic N) is 1. The van der Waals surface area contributed by atoms with E-state index >= 15 is 0 Å². The van der Waals surface area contributed by atoms with Crippen LogP contribution in [0.4, 0.5) is 5.69 Å². The van der Waals surface area contributed by atoms with E-state index in [1.54, 1.807) is 12.1 Å². The monoisotopic (exact) mass is 420 g/mol. The molecule has 7 nitrogen and oxygen atoms in total. The second-order valence-electron chi connectivity index (χ2n) is 6.77. The zero-order valence-electron chi connectivity index (χ0n) is 16.8. The van der Waals surface area contributed by atoms with Crippen LogP contribution in [-0.4, -0.2) is 39.9 Å². The molecule has 4 N–H and O–H groups in total. The molecule has 0 aliphatic carbocycles. The highest BCUT2D eigenvalue weighted by Gasteiger charge is 2.23. The largest absolute Gasteiger partial charge is 0.507 e. The Balaban J connectivity index is 2.36. The molecule has 0 bridgehead atoms. The fraction of sp³-hybridized carbons (Fsp3) is 0.381. The van der Waals surface area contributed by atoms with Crippen molar-refractivity contribution in [3.8, 4) is 11.5 Å². The zero-order valence-corrected chi connectivity index (χ0v) is 17.6. The summed E-state index contributed by atoms with van der Waals surface area (Å²) in [6.07, 6.45) is 3.38. The van der Waals surface area contributed by atoms with Gasteiger partial charge in [-0.15, -0.1) is 0 Å². The van der Waals surface area contributed by atoms with Crippen LogP contribution in [0.2, 0.25) is 0 Å². The first kappa shape index (κ1) is 22.9. The molecular weight excluding hydrogens is 392 g/mol. The first-order valence-corrected chi connectivity index (χ1v) is 10.6. The number of unbranched alkanes of at least 4 members (excludes halogenated alkanes) is 3. The first-order chi connectivity index (χ1) is 13.9. The number of ketones is 1. The molecule has 2 aromatic rings. The molecule has 0 heterocycles. The number of hydrogen-bond acceptors (Lipinski definition) is 5. The van der Waals surface area contributed by atoms with Crippen molar-refractivity contribution in [3.63, 3.8) is 0 Å². The summed E-state index contributed by atoms with van der Waals surface area (Å²) in [5, 5.41) is 10.4. The number of phenolic OH excluding ortho intramolecular Hbond substituents is 1. The molecule has 0 amide bonds. The molecule has 2 rings (SSSR count). The van der Waals surface area contributed by atoms with Gasteiger partial charge in [-0.1, -0.05) is 42.7 Å². The van der Waals surface area contributed by atoms with Crippen molar-refractivity contribution in [2.24, 2.45) is 5.73 Å². The second kappa shape index (κ2) is 10.9. The maximum atomic E-state index is 12.9. The number of hydrogen-bond donors (Lipinski definition) is 3. The highest BCUT2D eigenvalue weighted by atomic mass is 32.2. The van der Waals surface area contributed by atoms with Crippen molar-refractivity contribution in [2.45, 2.75) is 32.6 Å². The summed E-state index contributed by atoms with van der Waals surface area (Å²) >= 11 is -2.31. The summed E-state index contributed by atoms with van der Waals surface area (Å²) in [5.74, 6) is -0.409. The van der Waals surface area contributed by atoms with Crippen LogP contribution in [0.25, 0.3) is 0 Å². The van der Waals surface area contributed by atoms with Crippen molar-refractivity contribution >= 4 is 22.7 Å². The predicted molar refractivity (Wildman–Crippen MR) is 115 cm³/mol. The van der Waals surface area contributed by atoms with Crippen molar-refractivity contribution < 1.29 is 23.4 Å². The van der Waals surface area contributed by atoms with Gasteiger partial charge in [0.15, 0.2) is 5.78 Å². The van der Waals surface area contributed by atoms with Gasteiger partial charge in [-0.3, -0.25) is 13.7 Å². The fourth-order valence-corrected chi connectivity index (χ4v) is 3.59. The Morgan fingerprint density at radius 2 is 1.79 bits per heavy atom. The normalized spacial score (nSPS) is 11.9. The second-order valence-corrected chi connectivity index (χ2v) is 7.67. The first-order valence-electron chi connectivity index (χ1n) is 9.50. The third-order valence-electron chi connectivity index (χ3n) is 4.63. The van der Waals surface area contributed by atoms with Gasteiger partial charge in [0, 0.05) is 18.2 Å². The quantitative estimate of drug-likeness (QED) is 0.292. The molecule has 2 aromatic carbocycles. The Morgan fingerprint density at radius 3 is 2.38 bits per heavy atom. The summed E-state index contributed by atoms with van der Waals surface area (Å²) in [5.41, 5.74) is 7.24. The van der Waals surface area contributed by atoms with E-state index in [9.17, 15) is 18.7 Å². The number of phenols is 1. The van der Waals surface area contributed by atoms with Crippen molar-refractivity contribution in [3.05, 3.63) is 53.1 Å². The number of aryl methyl sites for hydroxylation is 1. The number of benzene rings is 2. The number of carbonyl (C=O) groups is 1. The molecule has 0 radical (unpaired) electrons. The Morgan fingerprint density at radius 1 is 1.14 bits per heavy atom. The zero-order chi connectivity index (χ0) is 21.4. The van der Waals surface area contributed by atoms with E-state index in [1.807, 2.05) is 19.1 Å². The maximum absolute atomic E-state index is 12.9. The standard InChI is InChI=1S/C21H28N2O5S/c1-15-7-9-16(10-8-15)21(25)17-13-18(20(28-2)14-19(17)24)23(29(26)27)12-6-4-3-5-11-22/h7-10,13-14,24H,3-6,11-12,22H2,1-2H3,(H,26,27). The Hall–Kier alpha value is -2.42. The third kappa shape index (κ3) is 6.03. The van der Waals surface area contributed by atoms with Crippen LogP contribution < -0.4 is 14.8 Å². The van der Waals surface area contributed by atoms with Crippen molar-refractivity contribution in [2.75, 3.05) is 24.5 Å². The van der Waals surface area contributed by atoms with Gasteiger partial charge in [0.1, 0.15) is 11.5 Å². The molecule has 0 saturated heterocycles. The molecule has 0 fully saturated rings. The molecule has 0 aliphatic heterocycles. The van der Waals surface area contributed by atoms with E-state index in [1.165, 1.54) is 23.5 Å². The third-order valence-corrected chi connectivity index (χ3v) is 5.38. The van der Waals surface area contributed by atoms with Crippen molar-refractivity contribution in [1.82, 2.24) is 0 Å². The van der Waals surface area contributed by atoms with Gasteiger partial charge in [-0.25, -0.2) is 4.21 Å². The van der Waals surface area contributed by atoms with Gasteiger partial charge in [0.25, 0.3) is 11.3 Å². The molecule has 158 valence electrons. The number of anilines is 1.